The number of ether oxygens (including phenoxy) is 2. The molecule has 0 saturated carbocycles. The largest absolute Gasteiger partial charge is 0.494 e. The SMILES string of the molecule is CCCCCCOc1cccc(NC(=O)CNc2cccc(OCCCc3ccccc3)c2)c1. The monoisotopic (exact) mass is 460 g/mol. The van der Waals surface area contributed by atoms with E-state index in [1.165, 1.54) is 24.8 Å². The smallest absolute Gasteiger partial charge is 0.243 e. The van der Waals surface area contributed by atoms with Gasteiger partial charge in [0.25, 0.3) is 0 Å². The number of hydrogen-bond donors (Lipinski definition) is 2. The highest BCUT2D eigenvalue weighted by molar-refractivity contribution is 5.93. The molecule has 0 aliphatic rings. The van der Waals surface area contributed by atoms with Crippen LogP contribution in [0.1, 0.15) is 44.6 Å². The van der Waals surface area contributed by atoms with Crippen molar-refractivity contribution in [1.29, 1.82) is 0 Å². The topological polar surface area (TPSA) is 59.6 Å². The van der Waals surface area contributed by atoms with Gasteiger partial charge < -0.3 is 20.1 Å². The van der Waals surface area contributed by atoms with Crippen LogP contribution in [-0.2, 0) is 11.2 Å². The van der Waals surface area contributed by atoms with Crippen molar-refractivity contribution in [3.8, 4) is 11.5 Å². The van der Waals surface area contributed by atoms with E-state index in [-0.39, 0.29) is 12.5 Å². The van der Waals surface area contributed by atoms with E-state index in [0.717, 1.165) is 42.1 Å². The molecule has 3 aromatic carbocycles. The first-order chi connectivity index (χ1) is 16.7. The zero-order chi connectivity index (χ0) is 23.8. The molecule has 0 aliphatic carbocycles. The second-order valence-electron chi connectivity index (χ2n) is 8.30. The molecule has 0 unspecified atom stereocenters. The van der Waals surface area contributed by atoms with Gasteiger partial charge in [-0.1, -0.05) is 68.7 Å². The third-order valence-corrected chi connectivity index (χ3v) is 5.39. The number of hydrogen-bond acceptors (Lipinski definition) is 4. The zero-order valence-corrected chi connectivity index (χ0v) is 20.1. The molecule has 0 heterocycles. The Bertz CT molecular complexity index is 991. The number of unbranched alkanes of at least 4 members (excludes halogenated alkanes) is 3. The van der Waals surface area contributed by atoms with Crippen LogP contribution in [0.3, 0.4) is 0 Å². The van der Waals surface area contributed by atoms with E-state index >= 15 is 0 Å². The van der Waals surface area contributed by atoms with Gasteiger partial charge >= 0.3 is 0 Å². The van der Waals surface area contributed by atoms with E-state index in [2.05, 4.69) is 41.8 Å². The maximum atomic E-state index is 12.4. The molecule has 0 aliphatic heterocycles. The van der Waals surface area contributed by atoms with E-state index in [1.54, 1.807) is 0 Å². The summed E-state index contributed by atoms with van der Waals surface area (Å²) in [5, 5.41) is 6.09. The number of amides is 1. The number of rotatable bonds is 15. The molecule has 0 fully saturated rings. The molecule has 0 aromatic heterocycles. The van der Waals surface area contributed by atoms with Gasteiger partial charge in [0.2, 0.25) is 5.91 Å². The van der Waals surface area contributed by atoms with Crippen molar-refractivity contribution < 1.29 is 14.3 Å². The lowest BCUT2D eigenvalue weighted by Gasteiger charge is -2.11. The minimum Gasteiger partial charge on any atom is -0.494 e. The van der Waals surface area contributed by atoms with Crippen LogP contribution in [0.4, 0.5) is 11.4 Å². The molecule has 3 aromatic rings. The lowest BCUT2D eigenvalue weighted by Crippen LogP contribution is -2.21. The molecule has 0 atom stereocenters. The predicted octanol–water partition coefficient (Wildman–Crippen LogP) is 6.71. The molecule has 3 rings (SSSR count). The Morgan fingerprint density at radius 3 is 2.15 bits per heavy atom. The molecule has 5 heteroatoms. The van der Waals surface area contributed by atoms with Crippen LogP contribution < -0.4 is 20.1 Å². The van der Waals surface area contributed by atoms with Gasteiger partial charge in [-0.2, -0.15) is 0 Å². The summed E-state index contributed by atoms with van der Waals surface area (Å²) in [7, 11) is 0. The predicted molar refractivity (Wildman–Crippen MR) is 140 cm³/mol. The Labute approximate surface area is 203 Å². The maximum Gasteiger partial charge on any atom is 0.243 e. The summed E-state index contributed by atoms with van der Waals surface area (Å²) < 4.78 is 11.7. The molecule has 180 valence electrons. The maximum absolute atomic E-state index is 12.4. The summed E-state index contributed by atoms with van der Waals surface area (Å²) in [5.74, 6) is 1.45. The van der Waals surface area contributed by atoms with E-state index in [9.17, 15) is 4.79 Å². The lowest BCUT2D eigenvalue weighted by atomic mass is 10.1. The molecule has 1 amide bonds. The Morgan fingerprint density at radius 1 is 0.735 bits per heavy atom. The van der Waals surface area contributed by atoms with Crippen LogP contribution in [0.2, 0.25) is 0 Å². The van der Waals surface area contributed by atoms with E-state index in [1.807, 2.05) is 54.6 Å². The van der Waals surface area contributed by atoms with Crippen LogP contribution in [0.25, 0.3) is 0 Å². The van der Waals surface area contributed by atoms with Crippen LogP contribution in [0.15, 0.2) is 78.9 Å². The quantitative estimate of drug-likeness (QED) is 0.248. The Kier molecular flexibility index (Phi) is 10.8. The van der Waals surface area contributed by atoms with Crippen molar-refractivity contribution in [3.05, 3.63) is 84.4 Å². The molecule has 2 N–H and O–H groups in total. The van der Waals surface area contributed by atoms with Crippen molar-refractivity contribution in [1.82, 2.24) is 0 Å². The second kappa shape index (κ2) is 14.6. The van der Waals surface area contributed by atoms with Crippen molar-refractivity contribution in [2.45, 2.75) is 45.4 Å². The molecular weight excluding hydrogens is 424 g/mol. The standard InChI is InChI=1S/C29H36N2O3/c1-2-3-4-8-19-33-28-18-10-16-26(22-28)31-29(32)23-30-25-15-9-17-27(21-25)34-20-11-14-24-12-6-5-7-13-24/h5-7,9-10,12-13,15-18,21-22,30H,2-4,8,11,14,19-20,23H2,1H3,(H,31,32). The molecular formula is C29H36N2O3. The van der Waals surface area contributed by atoms with Crippen LogP contribution in [-0.4, -0.2) is 25.7 Å². The molecule has 0 spiro atoms. The average Bonchev–Trinajstić information content (AvgIpc) is 2.86. The first-order valence-corrected chi connectivity index (χ1v) is 12.3. The number of carbonyl (C=O) groups is 1. The number of nitrogens with one attached hydrogen (secondary N) is 2. The summed E-state index contributed by atoms with van der Waals surface area (Å²) in [4.78, 5) is 12.4. The van der Waals surface area contributed by atoms with E-state index < -0.39 is 0 Å². The van der Waals surface area contributed by atoms with Crippen LogP contribution >= 0.6 is 0 Å². The number of benzene rings is 3. The first kappa shape index (κ1) is 25.2. The van der Waals surface area contributed by atoms with Crippen molar-refractivity contribution in [2.75, 3.05) is 30.4 Å². The normalized spacial score (nSPS) is 10.5. The molecule has 0 bridgehead atoms. The van der Waals surface area contributed by atoms with Gasteiger partial charge in [-0.15, -0.1) is 0 Å². The van der Waals surface area contributed by atoms with Crippen LogP contribution in [0, 0.1) is 0 Å². The van der Waals surface area contributed by atoms with E-state index in [0.29, 0.717) is 13.2 Å². The summed E-state index contributed by atoms with van der Waals surface area (Å²) >= 11 is 0. The second-order valence-corrected chi connectivity index (χ2v) is 8.30. The van der Waals surface area contributed by atoms with Crippen molar-refractivity contribution in [2.24, 2.45) is 0 Å². The summed E-state index contributed by atoms with van der Waals surface area (Å²) in [5.41, 5.74) is 2.89. The summed E-state index contributed by atoms with van der Waals surface area (Å²) in [6.45, 7) is 3.71. The highest BCUT2D eigenvalue weighted by atomic mass is 16.5. The minimum atomic E-state index is -0.116. The van der Waals surface area contributed by atoms with Gasteiger partial charge in [-0.3, -0.25) is 4.79 Å². The summed E-state index contributed by atoms with van der Waals surface area (Å²) in [6.07, 6.45) is 6.61. The third-order valence-electron chi connectivity index (χ3n) is 5.39. The molecule has 34 heavy (non-hydrogen) atoms. The lowest BCUT2D eigenvalue weighted by molar-refractivity contribution is -0.114. The number of aryl methyl sites for hydroxylation is 1. The fraction of sp³-hybridized carbons (Fsp3) is 0.345. The van der Waals surface area contributed by atoms with Gasteiger partial charge in [0.1, 0.15) is 11.5 Å². The van der Waals surface area contributed by atoms with Gasteiger partial charge in [0.15, 0.2) is 0 Å². The molecule has 0 saturated heterocycles. The zero-order valence-electron chi connectivity index (χ0n) is 20.1. The number of carbonyl (C=O) groups excluding carboxylic acids is 1. The van der Waals surface area contributed by atoms with Crippen LogP contribution in [0.5, 0.6) is 11.5 Å². The fourth-order valence-electron chi connectivity index (χ4n) is 3.58. The summed E-state index contributed by atoms with van der Waals surface area (Å²) in [6, 6.07) is 25.6. The highest BCUT2D eigenvalue weighted by Crippen LogP contribution is 2.19. The van der Waals surface area contributed by atoms with Gasteiger partial charge in [-0.05, 0) is 49.1 Å². The average molecular weight is 461 g/mol. The fourth-order valence-corrected chi connectivity index (χ4v) is 3.58. The van der Waals surface area contributed by atoms with Gasteiger partial charge in [0, 0.05) is 23.5 Å². The Morgan fingerprint density at radius 2 is 1.41 bits per heavy atom. The van der Waals surface area contributed by atoms with Crippen molar-refractivity contribution in [3.63, 3.8) is 0 Å². The Hall–Kier alpha value is -3.47. The highest BCUT2D eigenvalue weighted by Gasteiger charge is 2.05. The third kappa shape index (κ3) is 9.57. The Balaban J connectivity index is 1.38. The number of anilines is 2. The van der Waals surface area contributed by atoms with Gasteiger partial charge in [-0.25, -0.2) is 0 Å². The van der Waals surface area contributed by atoms with Crippen molar-refractivity contribution >= 4 is 17.3 Å². The minimum absolute atomic E-state index is 0.116. The van der Waals surface area contributed by atoms with E-state index in [4.69, 9.17) is 9.47 Å². The molecule has 0 radical (unpaired) electrons. The van der Waals surface area contributed by atoms with Gasteiger partial charge in [0.05, 0.1) is 19.8 Å². The first-order valence-electron chi connectivity index (χ1n) is 12.3. The molecule has 5 nitrogen and oxygen atoms in total.